The number of unbranched alkanes of at least 4 members (excludes halogenated alkanes) is 1. The van der Waals surface area contributed by atoms with Gasteiger partial charge in [0.25, 0.3) is 0 Å². The van der Waals surface area contributed by atoms with Crippen molar-refractivity contribution in [3.63, 3.8) is 0 Å². The largest absolute Gasteiger partial charge is 0.480 e. The van der Waals surface area contributed by atoms with E-state index in [1.807, 2.05) is 25.9 Å². The van der Waals surface area contributed by atoms with Gasteiger partial charge < -0.3 is 15.3 Å². The van der Waals surface area contributed by atoms with E-state index in [1.165, 1.54) is 0 Å². The van der Waals surface area contributed by atoms with Crippen molar-refractivity contribution in [1.82, 2.24) is 10.2 Å². The number of hydrogen-bond acceptors (Lipinski definition) is 3. The Kier molecular flexibility index (Phi) is 7.54. The molecule has 0 radical (unpaired) electrons. The molecule has 0 bridgehead atoms. The van der Waals surface area contributed by atoms with E-state index in [4.69, 9.17) is 5.11 Å². The second kappa shape index (κ2) is 8.10. The van der Waals surface area contributed by atoms with Crippen LogP contribution < -0.4 is 5.32 Å². The van der Waals surface area contributed by atoms with Gasteiger partial charge in [0.2, 0.25) is 5.91 Å². The first-order valence-corrected chi connectivity index (χ1v) is 5.64. The fourth-order valence-electron chi connectivity index (χ4n) is 1.26. The van der Waals surface area contributed by atoms with E-state index >= 15 is 0 Å². The van der Waals surface area contributed by atoms with Gasteiger partial charge in [0.05, 0.1) is 0 Å². The number of hydrogen-bond donors (Lipinski definition) is 2. The summed E-state index contributed by atoms with van der Waals surface area (Å²) in [5.74, 6) is -1.15. The molecule has 5 heteroatoms. The van der Waals surface area contributed by atoms with E-state index < -0.39 is 12.0 Å². The van der Waals surface area contributed by atoms with Crippen molar-refractivity contribution in [3.05, 3.63) is 0 Å². The lowest BCUT2D eigenvalue weighted by Crippen LogP contribution is -2.41. The standard InChI is InChI=1S/C11H22N2O3/c1-4-5-6-9(11(15)16)12-10(14)7-8-13(2)3/h9H,4-8H2,1-3H3,(H,12,14)(H,15,16)/t9-/m0/s1. The maximum absolute atomic E-state index is 11.4. The Bertz CT molecular complexity index is 229. The van der Waals surface area contributed by atoms with Gasteiger partial charge in [-0.2, -0.15) is 0 Å². The van der Waals surface area contributed by atoms with Gasteiger partial charge in [-0.15, -0.1) is 0 Å². The molecular formula is C11H22N2O3. The molecule has 0 aromatic rings. The average Bonchev–Trinajstić information content (AvgIpc) is 2.20. The lowest BCUT2D eigenvalue weighted by atomic mass is 10.1. The van der Waals surface area contributed by atoms with Gasteiger partial charge in [-0.1, -0.05) is 19.8 Å². The molecular weight excluding hydrogens is 208 g/mol. The predicted octanol–water partition coefficient (Wildman–Crippen LogP) is 0.698. The zero-order valence-electron chi connectivity index (χ0n) is 10.3. The molecule has 0 unspecified atom stereocenters. The molecule has 0 aromatic carbocycles. The van der Waals surface area contributed by atoms with Crippen LogP contribution in [0.5, 0.6) is 0 Å². The van der Waals surface area contributed by atoms with Gasteiger partial charge in [-0.3, -0.25) is 4.79 Å². The monoisotopic (exact) mass is 230 g/mol. The first kappa shape index (κ1) is 14.9. The Labute approximate surface area is 96.8 Å². The molecule has 16 heavy (non-hydrogen) atoms. The zero-order valence-corrected chi connectivity index (χ0v) is 10.3. The summed E-state index contributed by atoms with van der Waals surface area (Å²) in [6.07, 6.45) is 2.57. The van der Waals surface area contributed by atoms with Crippen LogP contribution in [0.15, 0.2) is 0 Å². The van der Waals surface area contributed by atoms with Crippen LogP contribution in [0.2, 0.25) is 0 Å². The first-order valence-electron chi connectivity index (χ1n) is 5.64. The zero-order chi connectivity index (χ0) is 12.6. The maximum atomic E-state index is 11.4. The molecule has 0 aliphatic rings. The lowest BCUT2D eigenvalue weighted by molar-refractivity contribution is -0.142. The van der Waals surface area contributed by atoms with Crippen LogP contribution in [0, 0.1) is 0 Å². The summed E-state index contributed by atoms with van der Waals surface area (Å²) in [5.41, 5.74) is 0. The first-order chi connectivity index (χ1) is 7.47. The summed E-state index contributed by atoms with van der Waals surface area (Å²) < 4.78 is 0. The second-order valence-electron chi connectivity index (χ2n) is 4.15. The molecule has 0 saturated heterocycles. The van der Waals surface area contributed by atoms with Gasteiger partial charge in [-0.25, -0.2) is 4.79 Å². The van der Waals surface area contributed by atoms with Crippen molar-refractivity contribution < 1.29 is 14.7 Å². The average molecular weight is 230 g/mol. The molecule has 0 rings (SSSR count). The summed E-state index contributed by atoms with van der Waals surface area (Å²) in [5, 5.41) is 11.4. The Morgan fingerprint density at radius 3 is 2.44 bits per heavy atom. The molecule has 0 spiro atoms. The number of carboxylic acids is 1. The lowest BCUT2D eigenvalue weighted by Gasteiger charge is -2.15. The molecule has 1 amide bonds. The molecule has 1 atom stereocenters. The summed E-state index contributed by atoms with van der Waals surface area (Å²) in [4.78, 5) is 24.2. The highest BCUT2D eigenvalue weighted by Crippen LogP contribution is 2.01. The Morgan fingerprint density at radius 2 is 2.00 bits per heavy atom. The molecule has 0 saturated carbocycles. The fraction of sp³-hybridized carbons (Fsp3) is 0.818. The highest BCUT2D eigenvalue weighted by atomic mass is 16.4. The molecule has 0 heterocycles. The molecule has 0 aliphatic heterocycles. The van der Waals surface area contributed by atoms with E-state index in [0.29, 0.717) is 19.4 Å². The maximum Gasteiger partial charge on any atom is 0.326 e. The van der Waals surface area contributed by atoms with Crippen LogP contribution in [0.4, 0.5) is 0 Å². The number of amides is 1. The summed E-state index contributed by atoms with van der Waals surface area (Å²) in [6, 6.07) is -0.741. The van der Waals surface area contributed by atoms with Gasteiger partial charge in [0, 0.05) is 13.0 Å². The van der Waals surface area contributed by atoms with Crippen LogP contribution in [-0.2, 0) is 9.59 Å². The van der Waals surface area contributed by atoms with E-state index in [9.17, 15) is 9.59 Å². The minimum absolute atomic E-state index is 0.197. The number of rotatable bonds is 8. The molecule has 0 aliphatic carbocycles. The normalized spacial score (nSPS) is 12.5. The van der Waals surface area contributed by atoms with E-state index in [0.717, 1.165) is 12.8 Å². The highest BCUT2D eigenvalue weighted by Gasteiger charge is 2.18. The Balaban J connectivity index is 3.98. The van der Waals surface area contributed by atoms with Crippen molar-refractivity contribution in [3.8, 4) is 0 Å². The van der Waals surface area contributed by atoms with E-state index in [1.54, 1.807) is 0 Å². The third-order valence-corrected chi connectivity index (χ3v) is 2.27. The Hall–Kier alpha value is -1.10. The third kappa shape index (κ3) is 7.23. The SMILES string of the molecule is CCCC[C@H](NC(=O)CCN(C)C)C(=O)O. The smallest absolute Gasteiger partial charge is 0.326 e. The predicted molar refractivity (Wildman–Crippen MR) is 62.3 cm³/mol. The summed E-state index contributed by atoms with van der Waals surface area (Å²) in [7, 11) is 3.75. The van der Waals surface area contributed by atoms with E-state index in [2.05, 4.69) is 5.32 Å². The van der Waals surface area contributed by atoms with Gasteiger partial charge in [0.15, 0.2) is 0 Å². The molecule has 2 N–H and O–H groups in total. The van der Waals surface area contributed by atoms with E-state index in [-0.39, 0.29) is 5.91 Å². The summed E-state index contributed by atoms with van der Waals surface area (Å²) >= 11 is 0. The van der Waals surface area contributed by atoms with Gasteiger partial charge in [-0.05, 0) is 20.5 Å². The van der Waals surface area contributed by atoms with Crippen LogP contribution in [0.1, 0.15) is 32.6 Å². The van der Waals surface area contributed by atoms with Crippen LogP contribution >= 0.6 is 0 Å². The van der Waals surface area contributed by atoms with Gasteiger partial charge >= 0.3 is 5.97 Å². The number of aliphatic carboxylic acids is 1. The fourth-order valence-corrected chi connectivity index (χ4v) is 1.26. The van der Waals surface area contributed by atoms with Crippen molar-refractivity contribution in [1.29, 1.82) is 0 Å². The van der Waals surface area contributed by atoms with Crippen molar-refractivity contribution in [2.45, 2.75) is 38.6 Å². The van der Waals surface area contributed by atoms with Crippen LogP contribution in [-0.4, -0.2) is 48.6 Å². The molecule has 0 aromatic heterocycles. The van der Waals surface area contributed by atoms with Crippen LogP contribution in [0.25, 0.3) is 0 Å². The number of nitrogens with one attached hydrogen (secondary N) is 1. The second-order valence-corrected chi connectivity index (χ2v) is 4.15. The number of carboxylic acid groups (broad SMARTS) is 1. The van der Waals surface area contributed by atoms with Crippen molar-refractivity contribution in [2.24, 2.45) is 0 Å². The quantitative estimate of drug-likeness (QED) is 0.644. The topological polar surface area (TPSA) is 69.6 Å². The number of carbonyl (C=O) groups is 2. The molecule has 94 valence electrons. The Morgan fingerprint density at radius 1 is 1.38 bits per heavy atom. The third-order valence-electron chi connectivity index (χ3n) is 2.27. The minimum Gasteiger partial charge on any atom is -0.480 e. The highest BCUT2D eigenvalue weighted by molar-refractivity contribution is 5.83. The van der Waals surface area contributed by atoms with Crippen molar-refractivity contribution in [2.75, 3.05) is 20.6 Å². The molecule has 5 nitrogen and oxygen atoms in total. The van der Waals surface area contributed by atoms with Crippen molar-refractivity contribution >= 4 is 11.9 Å². The number of nitrogens with zero attached hydrogens (tertiary/aromatic N) is 1. The summed E-state index contributed by atoms with van der Waals surface area (Å²) in [6.45, 7) is 2.62. The van der Waals surface area contributed by atoms with Crippen LogP contribution in [0.3, 0.4) is 0 Å². The molecule has 0 fully saturated rings. The minimum atomic E-state index is -0.952. The number of carbonyl (C=O) groups excluding carboxylic acids is 1. The van der Waals surface area contributed by atoms with Gasteiger partial charge in [0.1, 0.15) is 6.04 Å².